The predicted molar refractivity (Wildman–Crippen MR) is 164 cm³/mol. The minimum absolute atomic E-state index is 0.631. The van der Waals surface area contributed by atoms with Gasteiger partial charge in [-0.2, -0.15) is 0 Å². The summed E-state index contributed by atoms with van der Waals surface area (Å²) in [5, 5.41) is 0. The molecule has 1 unspecified atom stereocenters. The first kappa shape index (κ1) is 35.0. The quantitative estimate of drug-likeness (QED) is 0.0910. The van der Waals surface area contributed by atoms with E-state index in [0.717, 1.165) is 5.92 Å². The molecule has 0 spiro atoms. The molecular weight excluding hydrogens is 420 g/mol. The average molecular weight is 493 g/mol. The van der Waals surface area contributed by atoms with E-state index in [1.807, 2.05) is 0 Å². The van der Waals surface area contributed by atoms with E-state index < -0.39 is 0 Å². The van der Waals surface area contributed by atoms with Crippen LogP contribution in [0.25, 0.3) is 0 Å². The van der Waals surface area contributed by atoms with E-state index in [-0.39, 0.29) is 0 Å². The van der Waals surface area contributed by atoms with Crippen molar-refractivity contribution in [3.8, 4) is 0 Å². The molecule has 35 heavy (non-hydrogen) atoms. The van der Waals surface area contributed by atoms with Crippen LogP contribution in [0.5, 0.6) is 0 Å². The Morgan fingerprint density at radius 1 is 0.371 bits per heavy atom. The molecule has 0 aliphatic rings. The van der Waals surface area contributed by atoms with Crippen LogP contribution in [-0.4, -0.2) is 0 Å². The lowest BCUT2D eigenvalue weighted by atomic mass is 9.66. The fourth-order valence-corrected chi connectivity index (χ4v) is 6.43. The van der Waals surface area contributed by atoms with Crippen molar-refractivity contribution in [2.24, 2.45) is 11.3 Å². The standard InChI is InChI=1S/C35H72/c1-6-10-13-16-19-22-25-28-31-34(5)35(9-4,32-29-26-23-20-17-14-11-7-2)33-30-27-24-21-18-15-12-8-3/h34H,6-33H2,1-5H3. The van der Waals surface area contributed by atoms with E-state index in [4.69, 9.17) is 0 Å². The number of hydrogen-bond donors (Lipinski definition) is 0. The molecule has 212 valence electrons. The second kappa shape index (κ2) is 27.0. The third-order valence-electron chi connectivity index (χ3n) is 9.30. The highest BCUT2D eigenvalue weighted by Gasteiger charge is 2.32. The molecule has 0 radical (unpaired) electrons. The maximum atomic E-state index is 2.64. The van der Waals surface area contributed by atoms with E-state index in [1.165, 1.54) is 180 Å². The molecule has 0 aromatic rings. The smallest absolute Gasteiger partial charge is 0.0274 e. The lowest BCUT2D eigenvalue weighted by molar-refractivity contribution is 0.113. The Kier molecular flexibility index (Phi) is 27.0. The Balaban J connectivity index is 4.43. The summed E-state index contributed by atoms with van der Waals surface area (Å²) in [5.41, 5.74) is 0.631. The Hall–Kier alpha value is 0. The normalized spacial score (nSPS) is 12.9. The van der Waals surface area contributed by atoms with Gasteiger partial charge in [0.05, 0.1) is 0 Å². The number of rotatable bonds is 29. The van der Waals surface area contributed by atoms with Crippen molar-refractivity contribution in [1.29, 1.82) is 0 Å². The van der Waals surface area contributed by atoms with Crippen LogP contribution in [0.1, 0.15) is 214 Å². The lowest BCUT2D eigenvalue weighted by Gasteiger charge is -2.40. The molecule has 0 heterocycles. The van der Waals surface area contributed by atoms with Crippen LogP contribution in [0.15, 0.2) is 0 Å². The third-order valence-corrected chi connectivity index (χ3v) is 9.30. The molecule has 1 atom stereocenters. The SMILES string of the molecule is CCCCCCCCCCC(C)C(CC)(CCCCCCCCCC)CCCCCCCCCC. The van der Waals surface area contributed by atoms with Crippen molar-refractivity contribution in [3.05, 3.63) is 0 Å². The van der Waals surface area contributed by atoms with Gasteiger partial charge in [-0.05, 0) is 24.2 Å². The second-order valence-electron chi connectivity index (χ2n) is 12.3. The van der Waals surface area contributed by atoms with Crippen LogP contribution in [0.4, 0.5) is 0 Å². The zero-order valence-corrected chi connectivity index (χ0v) is 25.9. The first-order valence-corrected chi connectivity index (χ1v) is 17.2. The molecule has 0 nitrogen and oxygen atoms in total. The van der Waals surface area contributed by atoms with Gasteiger partial charge in [0.15, 0.2) is 0 Å². The van der Waals surface area contributed by atoms with Crippen LogP contribution in [-0.2, 0) is 0 Å². The van der Waals surface area contributed by atoms with Crippen LogP contribution >= 0.6 is 0 Å². The van der Waals surface area contributed by atoms with E-state index in [0.29, 0.717) is 5.41 Å². The fraction of sp³-hybridized carbons (Fsp3) is 1.00. The zero-order chi connectivity index (χ0) is 25.9. The van der Waals surface area contributed by atoms with Gasteiger partial charge in [0.1, 0.15) is 0 Å². The van der Waals surface area contributed by atoms with Crippen LogP contribution in [0.3, 0.4) is 0 Å². The van der Waals surface area contributed by atoms with Gasteiger partial charge in [-0.3, -0.25) is 0 Å². The van der Waals surface area contributed by atoms with Crippen molar-refractivity contribution < 1.29 is 0 Å². The first-order chi connectivity index (χ1) is 17.2. The molecule has 0 amide bonds. The molecule has 0 aromatic carbocycles. The van der Waals surface area contributed by atoms with Gasteiger partial charge >= 0.3 is 0 Å². The van der Waals surface area contributed by atoms with Gasteiger partial charge in [-0.15, -0.1) is 0 Å². The summed E-state index contributed by atoms with van der Waals surface area (Å²) >= 11 is 0. The summed E-state index contributed by atoms with van der Waals surface area (Å²) < 4.78 is 0. The van der Waals surface area contributed by atoms with Gasteiger partial charge in [-0.1, -0.05) is 202 Å². The molecule has 0 fully saturated rings. The highest BCUT2D eigenvalue weighted by molar-refractivity contribution is 4.83. The number of unbranched alkanes of at least 4 members (excludes halogenated alkanes) is 21. The third kappa shape index (κ3) is 20.7. The second-order valence-corrected chi connectivity index (χ2v) is 12.3. The zero-order valence-electron chi connectivity index (χ0n) is 25.9. The molecule has 0 N–H and O–H groups in total. The molecular formula is C35H72. The largest absolute Gasteiger partial charge is 0.0654 e. The molecule has 0 rings (SSSR count). The van der Waals surface area contributed by atoms with Crippen molar-refractivity contribution in [2.75, 3.05) is 0 Å². The van der Waals surface area contributed by atoms with Crippen LogP contribution in [0.2, 0.25) is 0 Å². The first-order valence-electron chi connectivity index (χ1n) is 17.2. The monoisotopic (exact) mass is 493 g/mol. The van der Waals surface area contributed by atoms with Gasteiger partial charge < -0.3 is 0 Å². The molecule has 0 saturated carbocycles. The molecule has 0 saturated heterocycles. The lowest BCUT2D eigenvalue weighted by Crippen LogP contribution is -2.28. The fourth-order valence-electron chi connectivity index (χ4n) is 6.43. The van der Waals surface area contributed by atoms with Crippen molar-refractivity contribution >= 4 is 0 Å². The Bertz CT molecular complexity index is 363. The summed E-state index contributed by atoms with van der Waals surface area (Å²) in [6, 6.07) is 0. The molecule has 0 heteroatoms. The van der Waals surface area contributed by atoms with Crippen molar-refractivity contribution in [2.45, 2.75) is 214 Å². The molecule has 0 aromatic heterocycles. The molecule has 0 bridgehead atoms. The van der Waals surface area contributed by atoms with Gasteiger partial charge in [0.25, 0.3) is 0 Å². The Morgan fingerprint density at radius 2 is 0.657 bits per heavy atom. The molecule has 0 aliphatic carbocycles. The van der Waals surface area contributed by atoms with E-state index in [9.17, 15) is 0 Å². The topological polar surface area (TPSA) is 0 Å². The average Bonchev–Trinajstić information content (AvgIpc) is 2.87. The van der Waals surface area contributed by atoms with Gasteiger partial charge in [-0.25, -0.2) is 0 Å². The van der Waals surface area contributed by atoms with E-state index >= 15 is 0 Å². The van der Waals surface area contributed by atoms with Gasteiger partial charge in [0.2, 0.25) is 0 Å². The van der Waals surface area contributed by atoms with Crippen LogP contribution < -0.4 is 0 Å². The highest BCUT2D eigenvalue weighted by Crippen LogP contribution is 2.44. The van der Waals surface area contributed by atoms with E-state index in [2.05, 4.69) is 34.6 Å². The summed E-state index contributed by atoms with van der Waals surface area (Å²) in [5.74, 6) is 0.918. The number of hydrogen-bond acceptors (Lipinski definition) is 0. The van der Waals surface area contributed by atoms with Crippen molar-refractivity contribution in [3.63, 3.8) is 0 Å². The summed E-state index contributed by atoms with van der Waals surface area (Å²) in [6.45, 7) is 12.1. The van der Waals surface area contributed by atoms with Crippen molar-refractivity contribution in [1.82, 2.24) is 0 Å². The molecule has 0 aliphatic heterocycles. The Labute approximate surface area is 225 Å². The predicted octanol–water partition coefficient (Wildman–Crippen LogP) is 13.6. The highest BCUT2D eigenvalue weighted by atomic mass is 14.4. The maximum absolute atomic E-state index is 2.64. The summed E-state index contributed by atoms with van der Waals surface area (Å²) in [6.07, 6.45) is 40.9. The van der Waals surface area contributed by atoms with Crippen LogP contribution in [0, 0.1) is 11.3 Å². The van der Waals surface area contributed by atoms with E-state index in [1.54, 1.807) is 0 Å². The Morgan fingerprint density at radius 3 is 0.971 bits per heavy atom. The summed E-state index contributed by atoms with van der Waals surface area (Å²) in [4.78, 5) is 0. The minimum atomic E-state index is 0.631. The van der Waals surface area contributed by atoms with Gasteiger partial charge in [0, 0.05) is 0 Å². The minimum Gasteiger partial charge on any atom is -0.0654 e. The summed E-state index contributed by atoms with van der Waals surface area (Å²) in [7, 11) is 0. The maximum Gasteiger partial charge on any atom is -0.0274 e.